The molecule has 1 aliphatic heterocycles. The fraction of sp³-hybridized carbons (Fsp3) is 0.462. The van der Waals surface area contributed by atoms with Crippen LogP contribution in [-0.4, -0.2) is 38.9 Å². The minimum atomic E-state index is -5.11. The van der Waals surface area contributed by atoms with Crippen molar-refractivity contribution in [3.8, 4) is 11.5 Å². The summed E-state index contributed by atoms with van der Waals surface area (Å²) in [7, 11) is 2.69. The van der Waals surface area contributed by atoms with E-state index in [1.807, 2.05) is 0 Å². The molecule has 1 amide bonds. The third-order valence-corrected chi connectivity index (χ3v) is 6.29. The van der Waals surface area contributed by atoms with Crippen molar-refractivity contribution in [3.05, 3.63) is 52.6 Å². The van der Waals surface area contributed by atoms with Crippen LogP contribution in [0.1, 0.15) is 61.5 Å². The number of benzene rings is 2. The van der Waals surface area contributed by atoms with Crippen LogP contribution in [0.15, 0.2) is 30.3 Å². The Bertz CT molecular complexity index is 1200. The Morgan fingerprint density at radius 2 is 1.49 bits per heavy atom. The van der Waals surface area contributed by atoms with Crippen molar-refractivity contribution in [2.75, 3.05) is 25.7 Å². The molecule has 0 saturated heterocycles. The molecular formula is C26H27F6NO6. The van der Waals surface area contributed by atoms with Crippen LogP contribution in [0.5, 0.6) is 11.5 Å². The van der Waals surface area contributed by atoms with E-state index in [0.29, 0.717) is 12.1 Å². The number of halogens is 6. The van der Waals surface area contributed by atoms with Gasteiger partial charge in [-0.05, 0) is 55.7 Å². The third kappa shape index (κ3) is 6.34. The highest BCUT2D eigenvalue weighted by atomic mass is 19.4. The molecule has 1 aliphatic rings. The van der Waals surface area contributed by atoms with Gasteiger partial charge in [0.15, 0.2) is 11.5 Å². The minimum absolute atomic E-state index is 0.00213. The number of esters is 1. The first-order chi connectivity index (χ1) is 18.1. The quantitative estimate of drug-likeness (QED) is 0.282. The summed E-state index contributed by atoms with van der Waals surface area (Å²) in [5, 5.41) is 0. The number of rotatable bonds is 6. The highest BCUT2D eigenvalue weighted by molar-refractivity contribution is 5.91. The van der Waals surface area contributed by atoms with Gasteiger partial charge in [-0.15, -0.1) is 0 Å². The Hall–Kier alpha value is -3.64. The second-order valence-corrected chi connectivity index (χ2v) is 8.90. The van der Waals surface area contributed by atoms with Crippen molar-refractivity contribution >= 4 is 17.7 Å². The molecule has 0 unspecified atom stereocenters. The Labute approximate surface area is 220 Å². The zero-order valence-electron chi connectivity index (χ0n) is 21.7. The van der Waals surface area contributed by atoms with Gasteiger partial charge in [0.1, 0.15) is 6.10 Å². The minimum Gasteiger partial charge on any atom is -0.493 e. The monoisotopic (exact) mass is 563 g/mol. The van der Waals surface area contributed by atoms with Gasteiger partial charge < -0.3 is 18.9 Å². The Morgan fingerprint density at radius 3 is 1.95 bits per heavy atom. The molecule has 0 bridgehead atoms. The number of carbonyl (C=O) groups is 2. The van der Waals surface area contributed by atoms with E-state index in [9.17, 15) is 35.9 Å². The van der Waals surface area contributed by atoms with Crippen LogP contribution in [0.3, 0.4) is 0 Å². The van der Waals surface area contributed by atoms with Gasteiger partial charge in [0.25, 0.3) is 0 Å². The highest BCUT2D eigenvalue weighted by Crippen LogP contribution is 2.51. The van der Waals surface area contributed by atoms with Gasteiger partial charge in [0, 0.05) is 24.9 Å². The molecule has 214 valence electrons. The maximum atomic E-state index is 13.6. The molecule has 3 rings (SSSR count). The van der Waals surface area contributed by atoms with Crippen LogP contribution in [0, 0.1) is 0 Å². The van der Waals surface area contributed by atoms with Crippen LogP contribution >= 0.6 is 0 Å². The van der Waals surface area contributed by atoms with Crippen molar-refractivity contribution in [3.63, 3.8) is 0 Å². The van der Waals surface area contributed by atoms with Crippen molar-refractivity contribution < 1.29 is 54.9 Å². The maximum Gasteiger partial charge on any atom is 0.416 e. The molecule has 0 aromatic heterocycles. The maximum absolute atomic E-state index is 13.6. The normalized spacial score (nSPS) is 18.2. The zero-order chi connectivity index (χ0) is 29.3. The molecular weight excluding hydrogens is 536 g/mol. The molecule has 2 aromatic carbocycles. The van der Waals surface area contributed by atoms with E-state index in [-0.39, 0.29) is 41.8 Å². The van der Waals surface area contributed by atoms with Crippen molar-refractivity contribution in [1.82, 2.24) is 0 Å². The van der Waals surface area contributed by atoms with E-state index < -0.39 is 59.2 Å². The summed E-state index contributed by atoms with van der Waals surface area (Å²) < 4.78 is 103. The predicted molar refractivity (Wildman–Crippen MR) is 127 cm³/mol. The number of anilines is 1. The van der Waals surface area contributed by atoms with Crippen LogP contribution in [0.4, 0.5) is 36.8 Å². The molecule has 13 heteroatoms. The summed E-state index contributed by atoms with van der Waals surface area (Å²) >= 11 is 0. The van der Waals surface area contributed by atoms with E-state index in [4.69, 9.17) is 18.9 Å². The van der Waals surface area contributed by atoms with E-state index in [1.165, 1.54) is 31.3 Å². The van der Waals surface area contributed by atoms with Gasteiger partial charge in [-0.1, -0.05) is 0 Å². The summed E-state index contributed by atoms with van der Waals surface area (Å²) in [4.78, 5) is 26.3. The van der Waals surface area contributed by atoms with Crippen LogP contribution in [0.2, 0.25) is 0 Å². The molecule has 0 spiro atoms. The lowest BCUT2D eigenvalue weighted by Crippen LogP contribution is -2.44. The number of nitrogens with zero attached hydrogens (tertiary/aromatic N) is 1. The van der Waals surface area contributed by atoms with E-state index in [0.717, 1.165) is 6.92 Å². The summed E-state index contributed by atoms with van der Waals surface area (Å²) in [6.07, 6.45) is -12.5. The summed E-state index contributed by atoms with van der Waals surface area (Å²) in [6.45, 7) is 4.28. The number of hydrogen-bond acceptors (Lipinski definition) is 6. The smallest absolute Gasteiger partial charge is 0.416 e. The Kier molecular flexibility index (Phi) is 8.61. The first-order valence-corrected chi connectivity index (χ1v) is 11.8. The fourth-order valence-corrected chi connectivity index (χ4v) is 4.69. The number of carbonyl (C=O) groups excluding carboxylic acids is 2. The summed E-state index contributed by atoms with van der Waals surface area (Å²) in [6, 6.07) is 3.31. The van der Waals surface area contributed by atoms with E-state index in [1.54, 1.807) is 13.8 Å². The molecule has 1 heterocycles. The molecule has 39 heavy (non-hydrogen) atoms. The number of fused-ring (bicyclic) bond motifs is 1. The molecule has 0 radical (unpaired) electrons. The molecule has 0 aliphatic carbocycles. The standard InChI is InChI=1S/C26H27F6NO6/c1-6-38-24(35)33-13(2)7-19(18-11-21(36-4)22(37-5)12-20(18)33)23(39-14(3)34)15-8-16(25(27,28)29)10-17(9-15)26(30,31)32/h8-13,19,23H,6-7H2,1-5H3/t13-,19+,23+/m1/s1. The number of methoxy groups -OCH3 is 2. The van der Waals surface area contributed by atoms with E-state index >= 15 is 0 Å². The highest BCUT2D eigenvalue weighted by Gasteiger charge is 2.43. The predicted octanol–water partition coefficient (Wildman–Crippen LogP) is 6.88. The molecule has 2 aromatic rings. The van der Waals surface area contributed by atoms with Gasteiger partial charge in [-0.3, -0.25) is 9.69 Å². The topological polar surface area (TPSA) is 74.3 Å². The average Bonchev–Trinajstić information content (AvgIpc) is 2.84. The van der Waals surface area contributed by atoms with Gasteiger partial charge in [-0.2, -0.15) is 26.3 Å². The SMILES string of the molecule is CCOC(=O)N1c2cc(OC)c(OC)cc2[C@@H]([C@@H](OC(C)=O)c2cc(C(F)(F)F)cc(C(F)(F)F)c2)C[C@H]1C. The average molecular weight is 563 g/mol. The molecule has 7 nitrogen and oxygen atoms in total. The van der Waals surface area contributed by atoms with Crippen molar-refractivity contribution in [2.45, 2.75) is 57.6 Å². The summed E-state index contributed by atoms with van der Waals surface area (Å²) in [5.74, 6) is -1.51. The van der Waals surface area contributed by atoms with Gasteiger partial charge in [0.2, 0.25) is 0 Å². The summed E-state index contributed by atoms with van der Waals surface area (Å²) in [5.41, 5.74) is -3.11. The second-order valence-electron chi connectivity index (χ2n) is 8.90. The molecule has 0 fully saturated rings. The van der Waals surface area contributed by atoms with Crippen molar-refractivity contribution in [1.29, 1.82) is 0 Å². The third-order valence-electron chi connectivity index (χ3n) is 6.29. The van der Waals surface area contributed by atoms with Crippen LogP contribution < -0.4 is 14.4 Å². The van der Waals surface area contributed by atoms with Crippen molar-refractivity contribution in [2.24, 2.45) is 0 Å². The van der Waals surface area contributed by atoms with E-state index in [2.05, 4.69) is 0 Å². The second kappa shape index (κ2) is 11.2. The van der Waals surface area contributed by atoms with Gasteiger partial charge in [0.05, 0.1) is 37.6 Å². The number of ether oxygens (including phenoxy) is 4. The Balaban J connectivity index is 2.31. The van der Waals surface area contributed by atoms with Crippen LogP contribution in [-0.2, 0) is 26.6 Å². The lowest BCUT2D eigenvalue weighted by Gasteiger charge is -2.41. The fourth-order valence-electron chi connectivity index (χ4n) is 4.69. The largest absolute Gasteiger partial charge is 0.493 e. The number of hydrogen-bond donors (Lipinski definition) is 0. The van der Waals surface area contributed by atoms with Gasteiger partial charge in [-0.25, -0.2) is 4.79 Å². The zero-order valence-corrected chi connectivity index (χ0v) is 21.7. The van der Waals surface area contributed by atoms with Crippen LogP contribution in [0.25, 0.3) is 0 Å². The molecule has 0 N–H and O–H groups in total. The van der Waals surface area contributed by atoms with Gasteiger partial charge >= 0.3 is 24.4 Å². The number of alkyl halides is 6. The lowest BCUT2D eigenvalue weighted by atomic mass is 9.79. The first kappa shape index (κ1) is 29.9. The molecule has 0 saturated carbocycles. The lowest BCUT2D eigenvalue weighted by molar-refractivity contribution is -0.148. The number of amides is 1. The molecule has 3 atom stereocenters. The first-order valence-electron chi connectivity index (χ1n) is 11.8. The Morgan fingerprint density at radius 1 is 0.949 bits per heavy atom.